The van der Waals surface area contributed by atoms with Crippen molar-refractivity contribution in [2.24, 2.45) is 5.92 Å². The zero-order valence-electron chi connectivity index (χ0n) is 4.89. The summed E-state index contributed by atoms with van der Waals surface area (Å²) in [5, 5.41) is 2.00. The maximum absolute atomic E-state index is 4.15. The lowest BCUT2D eigenvalue weighted by molar-refractivity contribution is 0.302. The Balaban J connectivity index is 2.26. The Kier molecular flexibility index (Phi) is 1.30. The van der Waals surface area contributed by atoms with Crippen LogP contribution in [0.25, 0.3) is 0 Å². The highest BCUT2D eigenvalue weighted by atomic mass is 15.5. The van der Waals surface area contributed by atoms with Crippen molar-refractivity contribution >= 4 is 0 Å². The molecular weight excluding hydrogens is 88.1 g/mol. The van der Waals surface area contributed by atoms with E-state index in [1.54, 1.807) is 0 Å². The first-order valence-electron chi connectivity index (χ1n) is 2.67. The van der Waals surface area contributed by atoms with Gasteiger partial charge in [0.25, 0.3) is 0 Å². The molecule has 1 rings (SSSR count). The standard InChI is InChI=1S/C5H11N2/c1-5-3-6-7(2)4-5/h5H,3-4H2,1-2H3. The van der Waals surface area contributed by atoms with Gasteiger partial charge in [0.05, 0.1) is 0 Å². The summed E-state index contributed by atoms with van der Waals surface area (Å²) in [7, 11) is 2.02. The molecular formula is C5H11N2. The molecule has 0 aromatic heterocycles. The quantitative estimate of drug-likeness (QED) is 0.420. The van der Waals surface area contributed by atoms with Gasteiger partial charge in [0.2, 0.25) is 0 Å². The SMILES string of the molecule is CC1C[N]N(C)C1. The van der Waals surface area contributed by atoms with E-state index in [1.807, 2.05) is 12.1 Å². The van der Waals surface area contributed by atoms with Gasteiger partial charge in [-0.25, -0.2) is 5.01 Å². The Morgan fingerprint density at radius 2 is 2.43 bits per heavy atom. The summed E-state index contributed by atoms with van der Waals surface area (Å²) in [6.07, 6.45) is 0. The monoisotopic (exact) mass is 99.1 g/mol. The number of hydrogen-bond donors (Lipinski definition) is 0. The van der Waals surface area contributed by atoms with Gasteiger partial charge in [-0.15, -0.1) is 0 Å². The van der Waals surface area contributed by atoms with Crippen molar-refractivity contribution in [3.05, 3.63) is 0 Å². The minimum atomic E-state index is 0.782. The predicted molar refractivity (Wildman–Crippen MR) is 28.8 cm³/mol. The Morgan fingerprint density at radius 1 is 1.71 bits per heavy atom. The van der Waals surface area contributed by atoms with Gasteiger partial charge in [-0.3, -0.25) is 0 Å². The fourth-order valence-corrected chi connectivity index (χ4v) is 0.845. The third kappa shape index (κ3) is 1.14. The minimum Gasteiger partial charge on any atom is -0.230 e. The topological polar surface area (TPSA) is 17.3 Å². The van der Waals surface area contributed by atoms with E-state index < -0.39 is 0 Å². The van der Waals surface area contributed by atoms with Crippen LogP contribution >= 0.6 is 0 Å². The van der Waals surface area contributed by atoms with Gasteiger partial charge in [0, 0.05) is 20.1 Å². The van der Waals surface area contributed by atoms with Gasteiger partial charge in [-0.05, 0) is 5.92 Å². The van der Waals surface area contributed by atoms with Crippen molar-refractivity contribution in [1.29, 1.82) is 0 Å². The molecule has 0 amide bonds. The van der Waals surface area contributed by atoms with Gasteiger partial charge in [-0.1, -0.05) is 6.92 Å². The van der Waals surface area contributed by atoms with E-state index in [0.717, 1.165) is 19.0 Å². The number of rotatable bonds is 0. The van der Waals surface area contributed by atoms with Crippen molar-refractivity contribution < 1.29 is 0 Å². The molecule has 2 nitrogen and oxygen atoms in total. The number of nitrogens with zero attached hydrogens (tertiary/aromatic N) is 2. The summed E-state index contributed by atoms with van der Waals surface area (Å²) >= 11 is 0. The molecule has 1 radical (unpaired) electrons. The maximum atomic E-state index is 4.15. The van der Waals surface area contributed by atoms with Crippen LogP contribution in [-0.2, 0) is 0 Å². The van der Waals surface area contributed by atoms with E-state index in [0.29, 0.717) is 0 Å². The van der Waals surface area contributed by atoms with Crippen LogP contribution in [0.15, 0.2) is 0 Å². The van der Waals surface area contributed by atoms with Crippen LogP contribution in [0.2, 0.25) is 0 Å². The van der Waals surface area contributed by atoms with Crippen LogP contribution in [0.5, 0.6) is 0 Å². The molecule has 1 atom stereocenters. The van der Waals surface area contributed by atoms with Crippen molar-refractivity contribution in [3.63, 3.8) is 0 Å². The summed E-state index contributed by atoms with van der Waals surface area (Å²) in [4.78, 5) is 0. The Morgan fingerprint density at radius 3 is 2.57 bits per heavy atom. The fraction of sp³-hybridized carbons (Fsp3) is 1.00. The molecule has 1 unspecified atom stereocenters. The third-order valence-electron chi connectivity index (χ3n) is 1.21. The molecule has 1 fully saturated rings. The fourth-order valence-electron chi connectivity index (χ4n) is 0.845. The first kappa shape index (κ1) is 5.06. The molecule has 0 N–H and O–H groups in total. The van der Waals surface area contributed by atoms with E-state index in [2.05, 4.69) is 12.3 Å². The highest BCUT2D eigenvalue weighted by molar-refractivity contribution is 4.64. The average molecular weight is 99.2 g/mol. The highest BCUT2D eigenvalue weighted by Gasteiger charge is 2.14. The van der Waals surface area contributed by atoms with Crippen LogP contribution in [0.3, 0.4) is 0 Å². The van der Waals surface area contributed by atoms with Crippen LogP contribution in [0.1, 0.15) is 6.92 Å². The zero-order chi connectivity index (χ0) is 5.28. The summed E-state index contributed by atoms with van der Waals surface area (Å²) in [5.41, 5.74) is 4.15. The molecule has 2 heteroatoms. The van der Waals surface area contributed by atoms with Gasteiger partial charge in [-0.2, -0.15) is 5.43 Å². The summed E-state index contributed by atoms with van der Waals surface area (Å²) < 4.78 is 0. The molecule has 0 aromatic carbocycles. The van der Waals surface area contributed by atoms with Gasteiger partial charge < -0.3 is 0 Å². The second kappa shape index (κ2) is 1.80. The molecule has 1 heterocycles. The summed E-state index contributed by atoms with van der Waals surface area (Å²) in [6, 6.07) is 0. The largest absolute Gasteiger partial charge is 0.230 e. The summed E-state index contributed by atoms with van der Waals surface area (Å²) in [6.45, 7) is 4.38. The molecule has 0 saturated carbocycles. The van der Waals surface area contributed by atoms with Crippen LogP contribution in [0, 0.1) is 5.92 Å². The van der Waals surface area contributed by atoms with Crippen molar-refractivity contribution in [2.45, 2.75) is 6.92 Å². The second-order valence-electron chi connectivity index (χ2n) is 2.27. The lowest BCUT2D eigenvalue weighted by Gasteiger charge is -2.01. The van der Waals surface area contributed by atoms with Crippen molar-refractivity contribution in [1.82, 2.24) is 10.4 Å². The molecule has 0 aromatic rings. The van der Waals surface area contributed by atoms with E-state index >= 15 is 0 Å². The van der Waals surface area contributed by atoms with Crippen LogP contribution in [0.4, 0.5) is 0 Å². The predicted octanol–water partition coefficient (Wildman–Crippen LogP) is 0.0873. The molecule has 7 heavy (non-hydrogen) atoms. The maximum Gasteiger partial charge on any atom is 0.0345 e. The van der Waals surface area contributed by atoms with E-state index in [1.165, 1.54) is 0 Å². The van der Waals surface area contributed by atoms with Gasteiger partial charge >= 0.3 is 0 Å². The molecule has 1 saturated heterocycles. The average Bonchev–Trinajstić information content (AvgIpc) is 1.87. The van der Waals surface area contributed by atoms with E-state index in [4.69, 9.17) is 0 Å². The molecule has 1 aliphatic rings. The third-order valence-corrected chi connectivity index (χ3v) is 1.21. The van der Waals surface area contributed by atoms with Gasteiger partial charge in [0.1, 0.15) is 0 Å². The van der Waals surface area contributed by atoms with Crippen molar-refractivity contribution in [3.8, 4) is 0 Å². The zero-order valence-corrected chi connectivity index (χ0v) is 4.89. The minimum absolute atomic E-state index is 0.782. The Bertz CT molecular complexity index is 55.1. The van der Waals surface area contributed by atoms with Crippen molar-refractivity contribution in [2.75, 3.05) is 20.1 Å². The highest BCUT2D eigenvalue weighted by Crippen LogP contribution is 2.02. The molecule has 0 bridgehead atoms. The first-order chi connectivity index (χ1) is 3.29. The van der Waals surface area contributed by atoms with E-state index in [9.17, 15) is 0 Å². The number of hydrogen-bond acceptors (Lipinski definition) is 1. The van der Waals surface area contributed by atoms with E-state index in [-0.39, 0.29) is 0 Å². The lowest BCUT2D eigenvalue weighted by atomic mass is 10.2. The molecule has 0 aliphatic carbocycles. The second-order valence-corrected chi connectivity index (χ2v) is 2.27. The van der Waals surface area contributed by atoms with Gasteiger partial charge in [0.15, 0.2) is 0 Å². The smallest absolute Gasteiger partial charge is 0.0345 e. The first-order valence-corrected chi connectivity index (χ1v) is 2.67. The summed E-state index contributed by atoms with van der Waals surface area (Å²) in [5.74, 6) is 0.782. The lowest BCUT2D eigenvalue weighted by Crippen LogP contribution is -2.18. The van der Waals surface area contributed by atoms with Crippen LogP contribution < -0.4 is 5.43 Å². The Hall–Kier alpha value is -0.0800. The molecule has 41 valence electrons. The van der Waals surface area contributed by atoms with Crippen LogP contribution in [-0.4, -0.2) is 25.1 Å². The Labute approximate surface area is 44.5 Å². The molecule has 1 aliphatic heterocycles. The normalized spacial score (nSPS) is 34.3. The molecule has 0 spiro atoms.